The molecule has 1 N–H and O–H groups in total. The minimum Gasteiger partial charge on any atom is -0.378 e. The second-order valence-electron chi connectivity index (χ2n) is 5.57. The summed E-state index contributed by atoms with van der Waals surface area (Å²) >= 11 is 0. The van der Waals surface area contributed by atoms with Crippen molar-refractivity contribution >= 4 is 5.91 Å². The van der Waals surface area contributed by atoms with Crippen LogP contribution in [-0.4, -0.2) is 49.7 Å². The molecule has 0 radical (unpaired) electrons. The predicted molar refractivity (Wildman–Crippen MR) is 77.7 cm³/mol. The van der Waals surface area contributed by atoms with Gasteiger partial charge in [0.05, 0.1) is 13.2 Å². The molecule has 0 unspecified atom stereocenters. The molecule has 108 valence electrons. The smallest absolute Gasteiger partial charge is 0.224 e. The summed E-state index contributed by atoms with van der Waals surface area (Å²) in [6, 6.07) is 9.10. The van der Waals surface area contributed by atoms with E-state index in [4.69, 9.17) is 4.74 Å². The highest BCUT2D eigenvalue weighted by atomic mass is 16.5. The molecule has 0 saturated carbocycles. The quantitative estimate of drug-likeness (QED) is 0.890. The Morgan fingerprint density at radius 1 is 1.20 bits per heavy atom. The Balaban J connectivity index is 1.39. The van der Waals surface area contributed by atoms with Crippen molar-refractivity contribution in [2.75, 3.05) is 32.8 Å². The standard InChI is InChI=1S/C16H22N2O2/c19-16(18-7-9-20-10-8-18)5-6-17-15-11-13-3-1-2-4-14(13)12-15/h1-4,15,17H,5-12H2. The number of hydrogen-bond donors (Lipinski definition) is 1. The molecule has 20 heavy (non-hydrogen) atoms. The van der Waals surface area contributed by atoms with Gasteiger partial charge in [-0.1, -0.05) is 24.3 Å². The highest BCUT2D eigenvalue weighted by Crippen LogP contribution is 2.21. The van der Waals surface area contributed by atoms with E-state index in [1.807, 2.05) is 4.90 Å². The van der Waals surface area contributed by atoms with Gasteiger partial charge in [-0.2, -0.15) is 0 Å². The number of carbonyl (C=O) groups excluding carboxylic acids is 1. The van der Waals surface area contributed by atoms with Crippen LogP contribution >= 0.6 is 0 Å². The SMILES string of the molecule is O=C(CCNC1Cc2ccccc2C1)N1CCOCC1. The first kappa shape index (κ1) is 13.6. The zero-order valence-corrected chi connectivity index (χ0v) is 11.8. The molecule has 1 amide bonds. The van der Waals surface area contributed by atoms with E-state index in [-0.39, 0.29) is 5.91 Å². The molecular formula is C16H22N2O2. The van der Waals surface area contributed by atoms with E-state index >= 15 is 0 Å². The maximum atomic E-state index is 12.0. The first-order valence-corrected chi connectivity index (χ1v) is 7.48. The predicted octanol–water partition coefficient (Wildman–Crippen LogP) is 0.992. The molecule has 1 aliphatic heterocycles. The second-order valence-corrected chi connectivity index (χ2v) is 5.57. The number of nitrogens with one attached hydrogen (secondary N) is 1. The average molecular weight is 274 g/mol. The molecule has 1 aromatic carbocycles. The Bertz CT molecular complexity index is 444. The Morgan fingerprint density at radius 3 is 2.50 bits per heavy atom. The minimum atomic E-state index is 0.247. The van der Waals surface area contributed by atoms with Gasteiger partial charge in [-0.3, -0.25) is 4.79 Å². The van der Waals surface area contributed by atoms with Crippen LogP contribution in [-0.2, 0) is 22.4 Å². The van der Waals surface area contributed by atoms with Crippen LogP contribution in [0.2, 0.25) is 0 Å². The van der Waals surface area contributed by atoms with Crippen LogP contribution in [0, 0.1) is 0 Å². The van der Waals surface area contributed by atoms with Crippen molar-refractivity contribution in [3.8, 4) is 0 Å². The van der Waals surface area contributed by atoms with Gasteiger partial charge < -0.3 is 15.0 Å². The van der Waals surface area contributed by atoms with Gasteiger partial charge in [0.15, 0.2) is 0 Å². The minimum absolute atomic E-state index is 0.247. The lowest BCUT2D eigenvalue weighted by Gasteiger charge is -2.27. The van der Waals surface area contributed by atoms with Gasteiger partial charge in [0, 0.05) is 32.1 Å². The van der Waals surface area contributed by atoms with Crippen LogP contribution in [0.15, 0.2) is 24.3 Å². The Labute approximate surface area is 120 Å². The number of hydrogen-bond acceptors (Lipinski definition) is 3. The summed E-state index contributed by atoms with van der Waals surface area (Å²) in [6.07, 6.45) is 2.76. The number of fused-ring (bicyclic) bond motifs is 1. The van der Waals surface area contributed by atoms with Crippen LogP contribution in [0.4, 0.5) is 0 Å². The van der Waals surface area contributed by atoms with Crippen LogP contribution < -0.4 is 5.32 Å². The van der Waals surface area contributed by atoms with Crippen molar-refractivity contribution in [3.05, 3.63) is 35.4 Å². The van der Waals surface area contributed by atoms with Crippen LogP contribution in [0.25, 0.3) is 0 Å². The van der Waals surface area contributed by atoms with Crippen molar-refractivity contribution in [1.82, 2.24) is 10.2 Å². The molecule has 4 nitrogen and oxygen atoms in total. The number of carbonyl (C=O) groups is 1. The number of morpholine rings is 1. The lowest BCUT2D eigenvalue weighted by molar-refractivity contribution is -0.135. The lowest BCUT2D eigenvalue weighted by Crippen LogP contribution is -2.42. The van der Waals surface area contributed by atoms with Crippen molar-refractivity contribution in [1.29, 1.82) is 0 Å². The summed E-state index contributed by atoms with van der Waals surface area (Å²) < 4.78 is 5.26. The van der Waals surface area contributed by atoms with E-state index in [1.165, 1.54) is 11.1 Å². The average Bonchev–Trinajstić information content (AvgIpc) is 2.90. The molecule has 1 saturated heterocycles. The van der Waals surface area contributed by atoms with E-state index in [0.29, 0.717) is 25.7 Å². The fourth-order valence-corrected chi connectivity index (χ4v) is 3.06. The van der Waals surface area contributed by atoms with Gasteiger partial charge in [-0.05, 0) is 24.0 Å². The molecular weight excluding hydrogens is 252 g/mol. The van der Waals surface area contributed by atoms with Crippen molar-refractivity contribution in [2.45, 2.75) is 25.3 Å². The van der Waals surface area contributed by atoms with Gasteiger partial charge in [-0.25, -0.2) is 0 Å². The summed E-state index contributed by atoms with van der Waals surface area (Å²) in [4.78, 5) is 13.9. The van der Waals surface area contributed by atoms with Gasteiger partial charge in [-0.15, -0.1) is 0 Å². The number of ether oxygens (including phenoxy) is 1. The Hall–Kier alpha value is -1.39. The Morgan fingerprint density at radius 2 is 1.85 bits per heavy atom. The van der Waals surface area contributed by atoms with E-state index < -0.39 is 0 Å². The molecule has 1 aromatic rings. The molecule has 1 aliphatic carbocycles. The van der Waals surface area contributed by atoms with Crippen LogP contribution in [0.3, 0.4) is 0 Å². The van der Waals surface area contributed by atoms with Crippen LogP contribution in [0.5, 0.6) is 0 Å². The van der Waals surface area contributed by atoms with Gasteiger partial charge in [0.25, 0.3) is 0 Å². The maximum Gasteiger partial charge on any atom is 0.224 e. The molecule has 4 heteroatoms. The molecule has 0 atom stereocenters. The van der Waals surface area contributed by atoms with E-state index in [1.54, 1.807) is 0 Å². The topological polar surface area (TPSA) is 41.6 Å². The summed E-state index contributed by atoms with van der Waals surface area (Å²) in [7, 11) is 0. The monoisotopic (exact) mass is 274 g/mol. The second kappa shape index (κ2) is 6.37. The number of amides is 1. The third kappa shape index (κ3) is 3.19. The number of nitrogens with zero attached hydrogens (tertiary/aromatic N) is 1. The fraction of sp³-hybridized carbons (Fsp3) is 0.562. The number of rotatable bonds is 4. The first-order chi connectivity index (χ1) is 9.83. The van der Waals surface area contributed by atoms with Gasteiger partial charge >= 0.3 is 0 Å². The lowest BCUT2D eigenvalue weighted by atomic mass is 10.1. The third-order valence-electron chi connectivity index (χ3n) is 4.19. The fourth-order valence-electron chi connectivity index (χ4n) is 3.06. The third-order valence-corrected chi connectivity index (χ3v) is 4.19. The van der Waals surface area contributed by atoms with Gasteiger partial charge in [0.2, 0.25) is 5.91 Å². The zero-order valence-electron chi connectivity index (χ0n) is 11.8. The van der Waals surface area contributed by atoms with Crippen molar-refractivity contribution < 1.29 is 9.53 Å². The highest BCUT2D eigenvalue weighted by Gasteiger charge is 2.21. The van der Waals surface area contributed by atoms with Crippen molar-refractivity contribution in [3.63, 3.8) is 0 Å². The van der Waals surface area contributed by atoms with Crippen LogP contribution in [0.1, 0.15) is 17.5 Å². The normalized spacial score (nSPS) is 19.1. The molecule has 1 heterocycles. The largest absolute Gasteiger partial charge is 0.378 e. The van der Waals surface area contributed by atoms with E-state index in [9.17, 15) is 4.79 Å². The summed E-state index contributed by atoms with van der Waals surface area (Å²) in [5.41, 5.74) is 2.90. The summed E-state index contributed by atoms with van der Waals surface area (Å²) in [5.74, 6) is 0.247. The van der Waals surface area contributed by atoms with E-state index in [2.05, 4.69) is 29.6 Å². The van der Waals surface area contributed by atoms with Gasteiger partial charge in [0.1, 0.15) is 0 Å². The summed E-state index contributed by atoms with van der Waals surface area (Å²) in [6.45, 7) is 3.62. The molecule has 3 rings (SSSR count). The Kier molecular flexibility index (Phi) is 4.33. The number of benzene rings is 1. The molecule has 0 aromatic heterocycles. The maximum absolute atomic E-state index is 12.0. The van der Waals surface area contributed by atoms with Crippen molar-refractivity contribution in [2.24, 2.45) is 0 Å². The summed E-state index contributed by atoms with van der Waals surface area (Å²) in [5, 5.41) is 3.52. The first-order valence-electron chi connectivity index (χ1n) is 7.48. The molecule has 0 spiro atoms. The molecule has 2 aliphatic rings. The highest BCUT2D eigenvalue weighted by molar-refractivity contribution is 5.76. The molecule has 0 bridgehead atoms. The van der Waals surface area contributed by atoms with E-state index in [0.717, 1.165) is 32.5 Å². The zero-order chi connectivity index (χ0) is 13.8. The molecule has 1 fully saturated rings.